The van der Waals surface area contributed by atoms with E-state index in [1.165, 1.54) is 6.33 Å². The van der Waals surface area contributed by atoms with E-state index in [0.717, 1.165) is 28.4 Å². The minimum atomic E-state index is 0.126. The van der Waals surface area contributed by atoms with E-state index in [2.05, 4.69) is 33.5 Å². The number of benzene rings is 2. The van der Waals surface area contributed by atoms with E-state index in [4.69, 9.17) is 4.74 Å². The van der Waals surface area contributed by atoms with Gasteiger partial charge in [0.2, 0.25) is 0 Å². The van der Waals surface area contributed by atoms with Crippen molar-refractivity contribution in [2.75, 3.05) is 12.4 Å². The monoisotopic (exact) mass is 294 g/mol. The maximum absolute atomic E-state index is 5.42. The lowest BCUT2D eigenvalue weighted by atomic mass is 10.1. The van der Waals surface area contributed by atoms with Crippen LogP contribution in [0.2, 0.25) is 0 Å². The molecule has 0 aliphatic rings. The van der Waals surface area contributed by atoms with Gasteiger partial charge < -0.3 is 10.1 Å². The fourth-order valence-corrected chi connectivity index (χ4v) is 2.45. The van der Waals surface area contributed by atoms with Crippen molar-refractivity contribution in [1.82, 2.24) is 15.2 Å². The molecule has 2 aromatic carbocycles. The third-order valence-electron chi connectivity index (χ3n) is 3.54. The molecule has 0 radical (unpaired) electrons. The molecular formula is C17H18N4O. The Bertz CT molecular complexity index is 740. The lowest BCUT2D eigenvalue weighted by Gasteiger charge is -2.18. The van der Waals surface area contributed by atoms with Gasteiger partial charge in [-0.25, -0.2) is 4.98 Å². The molecule has 0 saturated carbocycles. The summed E-state index contributed by atoms with van der Waals surface area (Å²) in [4.78, 5) is 4.18. The first-order valence-corrected chi connectivity index (χ1v) is 7.13. The number of aromatic nitrogens is 3. The summed E-state index contributed by atoms with van der Waals surface area (Å²) in [6.45, 7) is 2.11. The zero-order valence-electron chi connectivity index (χ0n) is 12.6. The Morgan fingerprint density at radius 1 is 1.14 bits per heavy atom. The number of H-pyrrole nitrogens is 1. The van der Waals surface area contributed by atoms with Crippen molar-refractivity contribution in [3.8, 4) is 17.1 Å². The molecule has 1 heterocycles. The number of methoxy groups -OCH3 is 1. The molecule has 1 unspecified atom stereocenters. The van der Waals surface area contributed by atoms with Crippen molar-refractivity contribution >= 4 is 5.69 Å². The summed E-state index contributed by atoms with van der Waals surface area (Å²) in [6, 6.07) is 16.2. The molecule has 0 fully saturated rings. The van der Waals surface area contributed by atoms with E-state index >= 15 is 0 Å². The maximum Gasteiger partial charge on any atom is 0.155 e. The molecule has 5 nitrogen and oxygen atoms in total. The van der Waals surface area contributed by atoms with Gasteiger partial charge in [0.25, 0.3) is 0 Å². The van der Waals surface area contributed by atoms with Crippen LogP contribution >= 0.6 is 0 Å². The van der Waals surface area contributed by atoms with Crippen molar-refractivity contribution in [2.24, 2.45) is 0 Å². The first kappa shape index (κ1) is 14.1. The summed E-state index contributed by atoms with van der Waals surface area (Å²) in [5.74, 6) is 1.64. The topological polar surface area (TPSA) is 62.8 Å². The standard InChI is InChI=1S/C17H18N4O/c1-12(15-8-3-4-9-16(15)22-2)20-14-7-5-6-13(10-14)17-18-11-19-21-17/h3-12,20H,1-2H3,(H,18,19,21). The number of anilines is 1. The Kier molecular flexibility index (Phi) is 4.05. The Labute approximate surface area is 129 Å². The number of hydrogen-bond donors (Lipinski definition) is 2. The largest absolute Gasteiger partial charge is 0.496 e. The van der Waals surface area contributed by atoms with Gasteiger partial charge in [0.1, 0.15) is 12.1 Å². The van der Waals surface area contributed by atoms with Crippen LogP contribution in [0.3, 0.4) is 0 Å². The number of ether oxygens (including phenoxy) is 1. The first-order chi connectivity index (χ1) is 10.8. The zero-order chi connectivity index (χ0) is 15.4. The third-order valence-corrected chi connectivity index (χ3v) is 3.54. The minimum Gasteiger partial charge on any atom is -0.496 e. The fourth-order valence-electron chi connectivity index (χ4n) is 2.45. The molecule has 0 bridgehead atoms. The lowest BCUT2D eigenvalue weighted by Crippen LogP contribution is -2.08. The van der Waals surface area contributed by atoms with Gasteiger partial charge in [-0.1, -0.05) is 30.3 Å². The van der Waals surface area contributed by atoms with Crippen molar-refractivity contribution in [3.05, 3.63) is 60.4 Å². The molecule has 0 aliphatic heterocycles. The number of aromatic amines is 1. The van der Waals surface area contributed by atoms with E-state index < -0.39 is 0 Å². The highest BCUT2D eigenvalue weighted by Gasteiger charge is 2.11. The highest BCUT2D eigenvalue weighted by molar-refractivity contribution is 5.62. The Morgan fingerprint density at radius 2 is 2.00 bits per heavy atom. The Morgan fingerprint density at radius 3 is 2.77 bits per heavy atom. The third kappa shape index (κ3) is 2.93. The molecule has 2 N–H and O–H groups in total. The zero-order valence-corrected chi connectivity index (χ0v) is 12.6. The molecule has 3 aromatic rings. The number of para-hydroxylation sites is 1. The number of nitrogens with zero attached hydrogens (tertiary/aromatic N) is 2. The van der Waals surface area contributed by atoms with Gasteiger partial charge in [-0.2, -0.15) is 5.10 Å². The predicted octanol–water partition coefficient (Wildman–Crippen LogP) is 3.65. The molecular weight excluding hydrogens is 276 g/mol. The Balaban J connectivity index is 1.82. The van der Waals surface area contributed by atoms with Crippen LogP contribution in [-0.4, -0.2) is 22.3 Å². The van der Waals surface area contributed by atoms with Gasteiger partial charge in [0.15, 0.2) is 5.82 Å². The van der Waals surface area contributed by atoms with Crippen LogP contribution in [0.15, 0.2) is 54.9 Å². The molecule has 3 rings (SSSR count). The van der Waals surface area contributed by atoms with E-state index in [-0.39, 0.29) is 6.04 Å². The molecule has 0 spiro atoms. The average molecular weight is 294 g/mol. The van der Waals surface area contributed by atoms with Crippen molar-refractivity contribution < 1.29 is 4.74 Å². The quantitative estimate of drug-likeness (QED) is 0.754. The normalized spacial score (nSPS) is 11.9. The predicted molar refractivity (Wildman–Crippen MR) is 86.9 cm³/mol. The van der Waals surface area contributed by atoms with Crippen LogP contribution in [0.1, 0.15) is 18.5 Å². The number of hydrogen-bond acceptors (Lipinski definition) is 4. The molecule has 5 heteroatoms. The summed E-state index contributed by atoms with van der Waals surface area (Å²) >= 11 is 0. The van der Waals surface area contributed by atoms with E-state index in [0.29, 0.717) is 0 Å². The van der Waals surface area contributed by atoms with Gasteiger partial charge in [0.05, 0.1) is 13.2 Å². The lowest BCUT2D eigenvalue weighted by molar-refractivity contribution is 0.408. The Hall–Kier alpha value is -2.82. The smallest absolute Gasteiger partial charge is 0.155 e. The molecule has 0 amide bonds. The van der Waals surface area contributed by atoms with Crippen LogP contribution < -0.4 is 10.1 Å². The molecule has 0 saturated heterocycles. The fraction of sp³-hybridized carbons (Fsp3) is 0.176. The van der Waals surface area contributed by atoms with E-state index in [9.17, 15) is 0 Å². The number of nitrogens with one attached hydrogen (secondary N) is 2. The van der Waals surface area contributed by atoms with Gasteiger partial charge in [0, 0.05) is 16.8 Å². The van der Waals surface area contributed by atoms with Crippen molar-refractivity contribution in [2.45, 2.75) is 13.0 Å². The van der Waals surface area contributed by atoms with Crippen LogP contribution in [0.4, 0.5) is 5.69 Å². The van der Waals surface area contributed by atoms with Gasteiger partial charge in [-0.3, -0.25) is 5.10 Å². The van der Waals surface area contributed by atoms with E-state index in [1.807, 2.05) is 42.5 Å². The van der Waals surface area contributed by atoms with E-state index in [1.54, 1.807) is 7.11 Å². The SMILES string of the molecule is COc1ccccc1C(C)Nc1cccc(-c2ncn[nH]2)c1. The maximum atomic E-state index is 5.42. The van der Waals surface area contributed by atoms with Crippen molar-refractivity contribution in [1.29, 1.82) is 0 Å². The van der Waals surface area contributed by atoms with Crippen LogP contribution in [0.25, 0.3) is 11.4 Å². The summed E-state index contributed by atoms with van der Waals surface area (Å²) in [7, 11) is 1.69. The highest BCUT2D eigenvalue weighted by atomic mass is 16.5. The summed E-state index contributed by atoms with van der Waals surface area (Å²) in [6.07, 6.45) is 1.51. The molecule has 1 aromatic heterocycles. The summed E-state index contributed by atoms with van der Waals surface area (Å²) < 4.78 is 5.42. The van der Waals surface area contributed by atoms with Gasteiger partial charge in [-0.05, 0) is 25.1 Å². The van der Waals surface area contributed by atoms with Crippen molar-refractivity contribution in [3.63, 3.8) is 0 Å². The molecule has 0 aliphatic carbocycles. The van der Waals surface area contributed by atoms with Crippen LogP contribution in [-0.2, 0) is 0 Å². The highest BCUT2D eigenvalue weighted by Crippen LogP contribution is 2.28. The summed E-state index contributed by atoms with van der Waals surface area (Å²) in [5, 5.41) is 10.3. The van der Waals surface area contributed by atoms with Crippen LogP contribution in [0.5, 0.6) is 5.75 Å². The van der Waals surface area contributed by atoms with Gasteiger partial charge >= 0.3 is 0 Å². The number of rotatable bonds is 5. The average Bonchev–Trinajstić information content (AvgIpc) is 3.09. The molecule has 1 atom stereocenters. The molecule has 22 heavy (non-hydrogen) atoms. The van der Waals surface area contributed by atoms with Gasteiger partial charge in [-0.15, -0.1) is 0 Å². The van der Waals surface area contributed by atoms with Crippen LogP contribution in [0, 0.1) is 0 Å². The molecule has 112 valence electrons. The second kappa shape index (κ2) is 6.30. The minimum absolute atomic E-state index is 0.126. The first-order valence-electron chi connectivity index (χ1n) is 7.13. The second-order valence-corrected chi connectivity index (χ2v) is 5.02. The second-order valence-electron chi connectivity index (χ2n) is 5.02. The summed E-state index contributed by atoms with van der Waals surface area (Å²) in [5.41, 5.74) is 3.14.